The van der Waals surface area contributed by atoms with Crippen molar-refractivity contribution in [3.05, 3.63) is 68.7 Å². The van der Waals surface area contributed by atoms with Gasteiger partial charge >= 0.3 is 0 Å². The predicted octanol–water partition coefficient (Wildman–Crippen LogP) is 4.46. The third kappa shape index (κ3) is 2.65. The summed E-state index contributed by atoms with van der Waals surface area (Å²) in [6.07, 6.45) is -0.585. The van der Waals surface area contributed by atoms with Gasteiger partial charge in [-0.2, -0.15) is 0 Å². The molecule has 0 saturated carbocycles. The molecule has 1 unspecified atom stereocenters. The first kappa shape index (κ1) is 13.3. The average Bonchev–Trinajstić information content (AvgIpc) is 2.35. The van der Waals surface area contributed by atoms with E-state index in [0.29, 0.717) is 0 Å². The molecule has 0 aliphatic rings. The fourth-order valence-corrected chi connectivity index (χ4v) is 2.45. The van der Waals surface area contributed by atoms with Crippen LogP contribution in [0, 0.1) is 20.8 Å². The van der Waals surface area contributed by atoms with Crippen LogP contribution in [0.15, 0.2) is 40.9 Å². The molecule has 0 bridgehead atoms. The van der Waals surface area contributed by atoms with Crippen molar-refractivity contribution in [1.29, 1.82) is 0 Å². The zero-order valence-electron chi connectivity index (χ0n) is 10.9. The van der Waals surface area contributed by atoms with E-state index in [9.17, 15) is 5.11 Å². The zero-order valence-corrected chi connectivity index (χ0v) is 12.5. The summed E-state index contributed by atoms with van der Waals surface area (Å²) < 4.78 is 0.943. The van der Waals surface area contributed by atoms with Crippen molar-refractivity contribution in [2.75, 3.05) is 0 Å². The van der Waals surface area contributed by atoms with Crippen molar-refractivity contribution < 1.29 is 5.11 Å². The summed E-state index contributed by atoms with van der Waals surface area (Å²) in [5.74, 6) is 0. The van der Waals surface area contributed by atoms with Crippen molar-refractivity contribution in [3.63, 3.8) is 0 Å². The Morgan fingerprint density at radius 1 is 0.944 bits per heavy atom. The van der Waals surface area contributed by atoms with Gasteiger partial charge in [0.05, 0.1) is 0 Å². The smallest absolute Gasteiger partial charge is 0.105 e. The minimum absolute atomic E-state index is 0.585. The Hall–Kier alpha value is -1.12. The topological polar surface area (TPSA) is 20.2 Å². The first-order valence-corrected chi connectivity index (χ1v) is 6.79. The Morgan fingerprint density at radius 3 is 2.33 bits per heavy atom. The molecule has 0 aliphatic heterocycles. The third-order valence-electron chi connectivity index (χ3n) is 3.29. The standard InChI is InChI=1S/C16H17BrO/c1-10-4-7-15(17)14(8-10)16(18)13-6-5-11(2)12(3)9-13/h4-9,16,18H,1-3H3. The van der Waals surface area contributed by atoms with Gasteiger partial charge in [-0.25, -0.2) is 0 Å². The molecular weight excluding hydrogens is 288 g/mol. The van der Waals surface area contributed by atoms with Gasteiger partial charge in [0.15, 0.2) is 0 Å². The number of rotatable bonds is 2. The molecular formula is C16H17BrO. The molecule has 0 radical (unpaired) electrons. The molecule has 1 atom stereocenters. The lowest BCUT2D eigenvalue weighted by Gasteiger charge is -2.15. The van der Waals surface area contributed by atoms with Gasteiger partial charge in [0.1, 0.15) is 6.10 Å². The number of aliphatic hydroxyl groups is 1. The van der Waals surface area contributed by atoms with Gasteiger partial charge in [-0.3, -0.25) is 0 Å². The molecule has 0 heterocycles. The monoisotopic (exact) mass is 304 g/mol. The van der Waals surface area contributed by atoms with Crippen molar-refractivity contribution in [2.24, 2.45) is 0 Å². The average molecular weight is 305 g/mol. The van der Waals surface area contributed by atoms with Crippen molar-refractivity contribution in [3.8, 4) is 0 Å². The summed E-state index contributed by atoms with van der Waals surface area (Å²) in [6.45, 7) is 6.17. The van der Waals surface area contributed by atoms with Gasteiger partial charge in [0.25, 0.3) is 0 Å². The molecule has 2 aromatic carbocycles. The second kappa shape index (κ2) is 5.25. The Morgan fingerprint density at radius 2 is 1.67 bits per heavy atom. The summed E-state index contributed by atoms with van der Waals surface area (Å²) in [6, 6.07) is 12.1. The van der Waals surface area contributed by atoms with E-state index in [2.05, 4.69) is 41.9 Å². The SMILES string of the molecule is Cc1ccc(Br)c(C(O)c2ccc(C)c(C)c2)c1. The molecule has 0 saturated heterocycles. The highest BCUT2D eigenvalue weighted by Gasteiger charge is 2.14. The minimum atomic E-state index is -0.585. The van der Waals surface area contributed by atoms with Crippen molar-refractivity contribution in [2.45, 2.75) is 26.9 Å². The molecule has 0 aliphatic carbocycles. The maximum absolute atomic E-state index is 10.5. The Labute approximate surface area is 117 Å². The fraction of sp³-hybridized carbons (Fsp3) is 0.250. The van der Waals surface area contributed by atoms with E-state index in [4.69, 9.17) is 0 Å². The highest BCUT2D eigenvalue weighted by atomic mass is 79.9. The highest BCUT2D eigenvalue weighted by molar-refractivity contribution is 9.10. The van der Waals surface area contributed by atoms with E-state index in [1.807, 2.05) is 31.2 Å². The highest BCUT2D eigenvalue weighted by Crippen LogP contribution is 2.30. The lowest BCUT2D eigenvalue weighted by atomic mass is 9.97. The van der Waals surface area contributed by atoms with Crippen LogP contribution in [0.2, 0.25) is 0 Å². The number of benzene rings is 2. The van der Waals surface area contributed by atoms with Crippen LogP contribution in [-0.4, -0.2) is 5.11 Å². The van der Waals surface area contributed by atoms with Gasteiger partial charge in [-0.1, -0.05) is 51.8 Å². The van der Waals surface area contributed by atoms with Crippen LogP contribution in [0.4, 0.5) is 0 Å². The van der Waals surface area contributed by atoms with E-state index >= 15 is 0 Å². The largest absolute Gasteiger partial charge is 0.384 e. The molecule has 1 N–H and O–H groups in total. The quantitative estimate of drug-likeness (QED) is 0.868. The molecule has 2 heteroatoms. The van der Waals surface area contributed by atoms with Gasteiger partial charge in [-0.05, 0) is 49.1 Å². The molecule has 0 amide bonds. The Kier molecular flexibility index (Phi) is 3.88. The number of halogens is 1. The van der Waals surface area contributed by atoms with Crippen molar-refractivity contribution in [1.82, 2.24) is 0 Å². The molecule has 0 spiro atoms. The summed E-state index contributed by atoms with van der Waals surface area (Å²) in [4.78, 5) is 0. The molecule has 0 fully saturated rings. The second-order valence-corrected chi connectivity index (χ2v) is 5.63. The van der Waals surface area contributed by atoms with Crippen LogP contribution >= 0.6 is 15.9 Å². The van der Waals surface area contributed by atoms with Gasteiger partial charge in [-0.15, -0.1) is 0 Å². The van der Waals surface area contributed by atoms with E-state index in [-0.39, 0.29) is 0 Å². The normalized spacial score (nSPS) is 12.5. The minimum Gasteiger partial charge on any atom is -0.384 e. The summed E-state index contributed by atoms with van der Waals surface area (Å²) in [5, 5.41) is 10.5. The maximum Gasteiger partial charge on any atom is 0.105 e. The molecule has 2 rings (SSSR count). The van der Waals surface area contributed by atoms with E-state index in [1.165, 1.54) is 11.1 Å². The first-order valence-electron chi connectivity index (χ1n) is 6.00. The molecule has 2 aromatic rings. The summed E-state index contributed by atoms with van der Waals surface area (Å²) in [5.41, 5.74) is 5.45. The van der Waals surface area contributed by atoms with Crippen LogP contribution in [0.5, 0.6) is 0 Å². The third-order valence-corrected chi connectivity index (χ3v) is 4.01. The summed E-state index contributed by atoms with van der Waals surface area (Å²) >= 11 is 3.50. The molecule has 0 aromatic heterocycles. The zero-order chi connectivity index (χ0) is 13.3. The molecule has 94 valence electrons. The van der Waals surface area contributed by atoms with E-state index in [0.717, 1.165) is 21.2 Å². The molecule has 18 heavy (non-hydrogen) atoms. The number of aryl methyl sites for hydroxylation is 3. The maximum atomic E-state index is 10.5. The Bertz CT molecular complexity index is 575. The Balaban J connectivity index is 2.44. The number of hydrogen-bond donors (Lipinski definition) is 1. The van der Waals surface area contributed by atoms with Gasteiger partial charge in [0.2, 0.25) is 0 Å². The lowest BCUT2D eigenvalue weighted by molar-refractivity contribution is 0.219. The second-order valence-electron chi connectivity index (χ2n) is 4.77. The fourth-order valence-electron chi connectivity index (χ4n) is 1.99. The number of aliphatic hydroxyl groups excluding tert-OH is 1. The van der Waals surface area contributed by atoms with Crippen LogP contribution < -0.4 is 0 Å². The van der Waals surface area contributed by atoms with Crippen molar-refractivity contribution >= 4 is 15.9 Å². The summed E-state index contributed by atoms with van der Waals surface area (Å²) in [7, 11) is 0. The lowest BCUT2D eigenvalue weighted by Crippen LogP contribution is -2.02. The van der Waals surface area contributed by atoms with Crippen LogP contribution in [0.25, 0.3) is 0 Å². The van der Waals surface area contributed by atoms with Gasteiger partial charge in [0, 0.05) is 4.47 Å². The van der Waals surface area contributed by atoms with E-state index in [1.54, 1.807) is 0 Å². The van der Waals surface area contributed by atoms with Crippen LogP contribution in [0.3, 0.4) is 0 Å². The predicted molar refractivity (Wildman–Crippen MR) is 78.9 cm³/mol. The van der Waals surface area contributed by atoms with Crippen LogP contribution in [0.1, 0.15) is 33.9 Å². The number of hydrogen-bond acceptors (Lipinski definition) is 1. The molecule has 1 nitrogen and oxygen atoms in total. The van der Waals surface area contributed by atoms with E-state index < -0.39 is 6.10 Å². The first-order chi connectivity index (χ1) is 8.49. The van der Waals surface area contributed by atoms with Gasteiger partial charge < -0.3 is 5.11 Å². The van der Waals surface area contributed by atoms with Crippen LogP contribution in [-0.2, 0) is 0 Å².